The topological polar surface area (TPSA) is 89.1 Å². The molecule has 1 atom stereocenters. The van der Waals surface area contributed by atoms with Crippen LogP contribution in [0.4, 0.5) is 10.6 Å². The first-order valence-electron chi connectivity index (χ1n) is 8.99. The molecular weight excluding hydrogens is 330 g/mol. The summed E-state index contributed by atoms with van der Waals surface area (Å²) in [5.41, 5.74) is 2.88. The van der Waals surface area contributed by atoms with Gasteiger partial charge in [-0.05, 0) is 25.3 Å². The molecule has 0 radical (unpaired) electrons. The maximum Gasteiger partial charge on any atom is 0.320 e. The third-order valence-corrected chi connectivity index (χ3v) is 4.47. The van der Waals surface area contributed by atoms with Crippen LogP contribution in [-0.2, 0) is 19.9 Å². The van der Waals surface area contributed by atoms with Crippen LogP contribution in [0.5, 0.6) is 0 Å². The summed E-state index contributed by atoms with van der Waals surface area (Å²) in [6, 6.07) is 1.39. The normalized spacial score (nSPS) is 12.3. The number of nitrogens with one attached hydrogen (secondary N) is 2. The average Bonchev–Trinajstić information content (AvgIpc) is 3.20. The first kappa shape index (κ1) is 17.9. The molecule has 0 saturated carbocycles. The second-order valence-corrected chi connectivity index (χ2v) is 6.16. The highest BCUT2D eigenvalue weighted by atomic mass is 16.2. The van der Waals surface area contributed by atoms with E-state index >= 15 is 0 Å². The highest BCUT2D eigenvalue weighted by Gasteiger charge is 2.19. The average molecular weight is 355 g/mol. The molecule has 0 aromatic carbocycles. The zero-order valence-corrected chi connectivity index (χ0v) is 15.7. The summed E-state index contributed by atoms with van der Waals surface area (Å²) in [4.78, 5) is 21.3. The fourth-order valence-corrected chi connectivity index (χ4v) is 3.14. The van der Waals surface area contributed by atoms with Gasteiger partial charge in [0.15, 0.2) is 0 Å². The predicted molar refractivity (Wildman–Crippen MR) is 100 cm³/mol. The molecule has 0 aliphatic heterocycles. The number of urea groups is 1. The van der Waals surface area contributed by atoms with E-state index in [2.05, 4.69) is 39.5 Å². The molecule has 0 unspecified atom stereocenters. The van der Waals surface area contributed by atoms with Gasteiger partial charge < -0.3 is 5.32 Å². The molecule has 0 spiro atoms. The fourth-order valence-electron chi connectivity index (χ4n) is 3.14. The molecule has 0 aliphatic rings. The molecule has 3 rings (SSSR count). The van der Waals surface area contributed by atoms with Crippen LogP contribution in [0.15, 0.2) is 24.7 Å². The summed E-state index contributed by atoms with van der Waals surface area (Å²) in [6.45, 7) is 6.15. The summed E-state index contributed by atoms with van der Waals surface area (Å²) < 4.78 is 3.58. The van der Waals surface area contributed by atoms with Crippen LogP contribution in [0.25, 0.3) is 5.78 Å². The van der Waals surface area contributed by atoms with Gasteiger partial charge in [0.05, 0.1) is 17.4 Å². The molecule has 3 aromatic rings. The van der Waals surface area contributed by atoms with Crippen molar-refractivity contribution in [3.63, 3.8) is 0 Å². The van der Waals surface area contributed by atoms with Crippen molar-refractivity contribution in [3.8, 4) is 0 Å². The number of carbonyl (C=O) groups excluding carboxylic acids is 1. The molecule has 0 saturated heterocycles. The number of hydrogen-bond donors (Lipinski definition) is 2. The van der Waals surface area contributed by atoms with E-state index in [0.29, 0.717) is 5.78 Å². The van der Waals surface area contributed by atoms with Crippen molar-refractivity contribution in [1.29, 1.82) is 0 Å². The lowest BCUT2D eigenvalue weighted by atomic mass is 10.1. The van der Waals surface area contributed by atoms with Gasteiger partial charge in [-0.2, -0.15) is 5.10 Å². The van der Waals surface area contributed by atoms with Gasteiger partial charge in [0.25, 0.3) is 0 Å². The zero-order chi connectivity index (χ0) is 18.7. The molecule has 8 nitrogen and oxygen atoms in total. The Kier molecular flexibility index (Phi) is 5.20. The molecule has 26 heavy (non-hydrogen) atoms. The molecule has 0 fully saturated rings. The summed E-state index contributed by atoms with van der Waals surface area (Å²) in [5, 5.41) is 10.4. The Bertz CT molecular complexity index is 879. The Balaban J connectivity index is 1.77. The molecule has 2 amide bonds. The number of nitrogens with zero attached hydrogens (tertiary/aromatic N) is 5. The van der Waals surface area contributed by atoms with Crippen molar-refractivity contribution >= 4 is 17.6 Å². The van der Waals surface area contributed by atoms with Crippen LogP contribution in [0.2, 0.25) is 0 Å². The van der Waals surface area contributed by atoms with E-state index in [-0.39, 0.29) is 12.1 Å². The molecule has 0 bridgehead atoms. The summed E-state index contributed by atoms with van der Waals surface area (Å²) in [5.74, 6) is 1.36. The number of anilines is 1. The maximum atomic E-state index is 12.6. The molecule has 138 valence electrons. The minimum atomic E-state index is -0.262. The van der Waals surface area contributed by atoms with Crippen LogP contribution in [-0.4, -0.2) is 30.2 Å². The van der Waals surface area contributed by atoms with E-state index in [1.807, 2.05) is 36.8 Å². The van der Waals surface area contributed by atoms with E-state index in [1.165, 1.54) is 0 Å². The number of fused-ring (bicyclic) bond motifs is 1. The number of aryl methyl sites for hydroxylation is 2. The van der Waals surface area contributed by atoms with Gasteiger partial charge in [0.1, 0.15) is 5.82 Å². The van der Waals surface area contributed by atoms with E-state index in [1.54, 1.807) is 10.9 Å². The van der Waals surface area contributed by atoms with Gasteiger partial charge in [-0.25, -0.2) is 14.8 Å². The van der Waals surface area contributed by atoms with Gasteiger partial charge in [-0.1, -0.05) is 20.8 Å². The Hall–Kier alpha value is -2.90. The van der Waals surface area contributed by atoms with Crippen molar-refractivity contribution in [3.05, 3.63) is 41.6 Å². The minimum Gasteiger partial charge on any atom is -0.329 e. The highest BCUT2D eigenvalue weighted by molar-refractivity contribution is 5.89. The molecular formula is C18H25N7O. The monoisotopic (exact) mass is 355 g/mol. The first-order valence-corrected chi connectivity index (χ1v) is 8.99. The summed E-state index contributed by atoms with van der Waals surface area (Å²) in [6.07, 6.45) is 7.87. The van der Waals surface area contributed by atoms with Gasteiger partial charge >= 0.3 is 6.03 Å². The highest BCUT2D eigenvalue weighted by Crippen LogP contribution is 2.21. The van der Waals surface area contributed by atoms with Crippen molar-refractivity contribution in [2.75, 3.05) is 5.32 Å². The van der Waals surface area contributed by atoms with Gasteiger partial charge in [-0.15, -0.1) is 0 Å². The molecule has 8 heteroatoms. The number of amides is 2. The standard InChI is InChI=1S/C18H25N7O/c1-5-12-13(6-2)23-24(4)16(12)22-18(26)21-14(7-3)15-11-25-10-8-9-19-17(25)20-15/h8-11,14H,5-7H2,1-4H3,(H2,21,22,26)/t14-/m0/s1. The molecule has 0 aliphatic carbocycles. The zero-order valence-electron chi connectivity index (χ0n) is 15.7. The number of hydrogen-bond acceptors (Lipinski definition) is 4. The second kappa shape index (κ2) is 7.55. The number of carbonyl (C=O) groups is 1. The Morgan fingerprint density at radius 2 is 2.08 bits per heavy atom. The SMILES string of the molecule is CCc1nn(C)c(NC(=O)N[C@@H](CC)c2cn3cccnc3n2)c1CC. The quantitative estimate of drug-likeness (QED) is 0.711. The third-order valence-electron chi connectivity index (χ3n) is 4.47. The van der Waals surface area contributed by atoms with Gasteiger partial charge in [0.2, 0.25) is 5.78 Å². The Morgan fingerprint density at radius 3 is 2.73 bits per heavy atom. The van der Waals surface area contributed by atoms with E-state index in [4.69, 9.17) is 0 Å². The van der Waals surface area contributed by atoms with Crippen molar-refractivity contribution in [1.82, 2.24) is 29.5 Å². The Morgan fingerprint density at radius 1 is 1.27 bits per heavy atom. The van der Waals surface area contributed by atoms with E-state index in [9.17, 15) is 4.79 Å². The van der Waals surface area contributed by atoms with Gasteiger partial charge in [0, 0.05) is 31.2 Å². The Labute approximate surface area is 152 Å². The lowest BCUT2D eigenvalue weighted by Crippen LogP contribution is -2.33. The third kappa shape index (κ3) is 3.40. The van der Waals surface area contributed by atoms with Gasteiger partial charge in [-0.3, -0.25) is 14.4 Å². The second-order valence-electron chi connectivity index (χ2n) is 6.16. The first-order chi connectivity index (χ1) is 12.6. The minimum absolute atomic E-state index is 0.194. The molecule has 2 N–H and O–H groups in total. The fraction of sp³-hybridized carbons (Fsp3) is 0.444. The lowest BCUT2D eigenvalue weighted by Gasteiger charge is -2.16. The molecule has 3 heterocycles. The van der Waals surface area contributed by atoms with Crippen LogP contribution in [0.3, 0.4) is 0 Å². The lowest BCUT2D eigenvalue weighted by molar-refractivity contribution is 0.247. The molecule has 3 aromatic heterocycles. The number of aromatic nitrogens is 5. The smallest absolute Gasteiger partial charge is 0.320 e. The van der Waals surface area contributed by atoms with Crippen molar-refractivity contribution in [2.24, 2.45) is 7.05 Å². The van der Waals surface area contributed by atoms with Crippen LogP contribution in [0.1, 0.15) is 50.2 Å². The number of rotatable bonds is 6. The van der Waals surface area contributed by atoms with Crippen molar-refractivity contribution < 1.29 is 4.79 Å². The van der Waals surface area contributed by atoms with Crippen molar-refractivity contribution in [2.45, 2.75) is 46.1 Å². The van der Waals surface area contributed by atoms with Crippen LogP contribution in [0, 0.1) is 0 Å². The largest absolute Gasteiger partial charge is 0.329 e. The van der Waals surface area contributed by atoms with E-state index in [0.717, 1.165) is 42.0 Å². The summed E-state index contributed by atoms with van der Waals surface area (Å²) in [7, 11) is 1.85. The summed E-state index contributed by atoms with van der Waals surface area (Å²) >= 11 is 0. The maximum absolute atomic E-state index is 12.6. The number of imidazole rings is 1. The van der Waals surface area contributed by atoms with Crippen LogP contribution < -0.4 is 10.6 Å². The van der Waals surface area contributed by atoms with E-state index < -0.39 is 0 Å². The predicted octanol–water partition coefficient (Wildman–Crippen LogP) is 2.86. The van der Waals surface area contributed by atoms with Crippen LogP contribution >= 0.6 is 0 Å².